The number of anilines is 1. The first kappa shape index (κ1) is 17.5. The molecule has 2 N–H and O–H groups in total. The van der Waals surface area contributed by atoms with Gasteiger partial charge in [0.1, 0.15) is 5.75 Å². The molecule has 0 saturated carbocycles. The van der Waals surface area contributed by atoms with E-state index in [1.807, 2.05) is 18.2 Å². The predicted molar refractivity (Wildman–Crippen MR) is 93.0 cm³/mol. The molecule has 0 atom stereocenters. The van der Waals surface area contributed by atoms with Crippen molar-refractivity contribution in [2.24, 2.45) is 0 Å². The summed E-state index contributed by atoms with van der Waals surface area (Å²) in [6.45, 7) is 6.62. The second-order valence-corrected chi connectivity index (χ2v) is 7.21. The summed E-state index contributed by atoms with van der Waals surface area (Å²) in [5.74, 6) is 0.819. The van der Waals surface area contributed by atoms with Crippen LogP contribution in [0, 0.1) is 0 Å². The minimum Gasteiger partial charge on any atom is -0.491 e. The van der Waals surface area contributed by atoms with E-state index in [4.69, 9.17) is 10.5 Å². The van der Waals surface area contributed by atoms with Gasteiger partial charge >= 0.3 is 0 Å². The Balaban J connectivity index is 2.37. The molecule has 3 nitrogen and oxygen atoms in total. The van der Waals surface area contributed by atoms with Gasteiger partial charge in [0.05, 0.1) is 42.7 Å². The average molecular weight is 407 g/mol. The highest BCUT2D eigenvalue weighted by Gasteiger charge is 2.12. The third kappa shape index (κ3) is 5.85. The highest BCUT2D eigenvalue weighted by molar-refractivity contribution is 9.11. The first-order valence-corrected chi connectivity index (χ1v) is 8.24. The van der Waals surface area contributed by atoms with Gasteiger partial charge in [0.25, 0.3) is 0 Å². The van der Waals surface area contributed by atoms with Crippen LogP contribution in [0.4, 0.5) is 5.69 Å². The number of nitrogens with two attached hydrogens (primary N) is 1. The molecule has 20 heavy (non-hydrogen) atoms. The second kappa shape index (κ2) is 8.05. The molecule has 0 spiro atoms. The van der Waals surface area contributed by atoms with Crippen molar-refractivity contribution in [1.29, 1.82) is 0 Å². The minimum atomic E-state index is 0.704. The third-order valence-corrected chi connectivity index (χ3v) is 4.23. The van der Waals surface area contributed by atoms with Crippen molar-refractivity contribution in [3.8, 4) is 5.75 Å². The number of ether oxygens (including phenoxy) is 1. The highest BCUT2D eigenvalue weighted by Crippen LogP contribution is 2.35. The molecular formula is C15H23Br2N2O+. The van der Waals surface area contributed by atoms with Crippen LogP contribution in [0.1, 0.15) is 12.8 Å². The van der Waals surface area contributed by atoms with E-state index in [9.17, 15) is 0 Å². The Hall–Kier alpha value is -0.520. The van der Waals surface area contributed by atoms with Gasteiger partial charge in [-0.05, 0) is 62.9 Å². The Morgan fingerprint density at radius 2 is 1.85 bits per heavy atom. The number of benzene rings is 1. The summed E-state index contributed by atoms with van der Waals surface area (Å²) in [5, 5.41) is 0. The largest absolute Gasteiger partial charge is 0.491 e. The van der Waals surface area contributed by atoms with Gasteiger partial charge in [0.15, 0.2) is 0 Å². The van der Waals surface area contributed by atoms with Crippen molar-refractivity contribution in [2.75, 3.05) is 39.5 Å². The molecule has 112 valence electrons. The lowest BCUT2D eigenvalue weighted by Gasteiger charge is -2.28. The fraction of sp³-hybridized carbons (Fsp3) is 0.467. The molecule has 0 aromatic heterocycles. The van der Waals surface area contributed by atoms with Gasteiger partial charge < -0.3 is 15.0 Å². The van der Waals surface area contributed by atoms with Gasteiger partial charge in [-0.1, -0.05) is 6.58 Å². The van der Waals surface area contributed by atoms with E-state index in [-0.39, 0.29) is 0 Å². The van der Waals surface area contributed by atoms with Crippen molar-refractivity contribution < 1.29 is 9.22 Å². The van der Waals surface area contributed by atoms with E-state index in [0.29, 0.717) is 12.3 Å². The number of unbranched alkanes of at least 4 members (excludes halogenated alkanes) is 1. The fourth-order valence-corrected chi connectivity index (χ4v) is 3.43. The van der Waals surface area contributed by atoms with E-state index in [1.165, 1.54) is 0 Å². The molecule has 0 radical (unpaired) electrons. The molecule has 1 aromatic rings. The zero-order valence-corrected chi connectivity index (χ0v) is 15.3. The number of halogens is 2. The zero-order chi connectivity index (χ0) is 15.2. The topological polar surface area (TPSA) is 35.2 Å². The number of nitrogens with zero attached hydrogens (tertiary/aromatic N) is 1. The highest BCUT2D eigenvalue weighted by atomic mass is 79.9. The molecule has 1 rings (SSSR count). The van der Waals surface area contributed by atoms with Crippen molar-refractivity contribution in [1.82, 2.24) is 0 Å². The molecule has 1 aromatic carbocycles. The molecule has 0 heterocycles. The molecule has 0 aliphatic rings. The number of quaternary nitrogens is 1. The summed E-state index contributed by atoms with van der Waals surface area (Å²) >= 11 is 6.94. The maximum Gasteiger partial charge on any atom is 0.147 e. The second-order valence-electron chi connectivity index (χ2n) is 5.50. The zero-order valence-electron chi connectivity index (χ0n) is 12.2. The smallest absolute Gasteiger partial charge is 0.147 e. The summed E-state index contributed by atoms with van der Waals surface area (Å²) in [7, 11) is 4.44. The molecule has 0 unspecified atom stereocenters. The van der Waals surface area contributed by atoms with E-state index < -0.39 is 0 Å². The first-order valence-electron chi connectivity index (χ1n) is 6.66. The van der Waals surface area contributed by atoms with E-state index in [0.717, 1.165) is 45.1 Å². The minimum absolute atomic E-state index is 0.704. The maximum absolute atomic E-state index is 5.82. The summed E-state index contributed by atoms with van der Waals surface area (Å²) < 4.78 is 8.56. The number of nitrogen functional groups attached to an aromatic ring is 1. The van der Waals surface area contributed by atoms with Crippen LogP contribution in [0.2, 0.25) is 0 Å². The van der Waals surface area contributed by atoms with Crippen LogP contribution in [0.15, 0.2) is 33.7 Å². The molecule has 5 heteroatoms. The van der Waals surface area contributed by atoms with E-state index in [2.05, 4.69) is 52.5 Å². The molecule has 0 aliphatic heterocycles. The lowest BCUT2D eigenvalue weighted by atomic mass is 10.2. The summed E-state index contributed by atoms with van der Waals surface area (Å²) in [5.41, 5.74) is 6.46. The Kier molecular flexibility index (Phi) is 7.06. The van der Waals surface area contributed by atoms with Gasteiger partial charge in [-0.25, -0.2) is 0 Å². The Morgan fingerprint density at radius 1 is 1.25 bits per heavy atom. The van der Waals surface area contributed by atoms with Crippen LogP contribution in [0.3, 0.4) is 0 Å². The Bertz CT molecular complexity index is 438. The van der Waals surface area contributed by atoms with Crippen molar-refractivity contribution in [2.45, 2.75) is 12.8 Å². The Labute approximate surface area is 138 Å². The normalized spacial score (nSPS) is 11.4. The predicted octanol–water partition coefficient (Wildman–Crippen LogP) is 4.22. The number of likely N-dealkylation sites (N-methyl/N-ethyl adjacent to an activating group) is 1. The average Bonchev–Trinajstić information content (AvgIpc) is 2.31. The quantitative estimate of drug-likeness (QED) is 0.303. The van der Waals surface area contributed by atoms with E-state index in [1.54, 1.807) is 0 Å². The molecule has 0 bridgehead atoms. The monoisotopic (exact) mass is 405 g/mol. The summed E-state index contributed by atoms with van der Waals surface area (Å²) in [4.78, 5) is 0. The van der Waals surface area contributed by atoms with Gasteiger partial charge in [-0.2, -0.15) is 0 Å². The van der Waals surface area contributed by atoms with Gasteiger partial charge in [-0.3, -0.25) is 0 Å². The van der Waals surface area contributed by atoms with Crippen LogP contribution in [-0.2, 0) is 0 Å². The van der Waals surface area contributed by atoms with Crippen LogP contribution in [0.25, 0.3) is 0 Å². The van der Waals surface area contributed by atoms with Gasteiger partial charge in [0, 0.05) is 5.69 Å². The summed E-state index contributed by atoms with van der Waals surface area (Å²) in [6.07, 6.45) is 4.13. The number of hydrogen-bond acceptors (Lipinski definition) is 2. The van der Waals surface area contributed by atoms with Crippen LogP contribution >= 0.6 is 31.9 Å². The molecule has 0 aliphatic carbocycles. The lowest BCUT2D eigenvalue weighted by molar-refractivity contribution is -0.884. The molecule has 0 saturated heterocycles. The molecular weight excluding hydrogens is 384 g/mol. The van der Waals surface area contributed by atoms with Gasteiger partial charge in [-0.15, -0.1) is 0 Å². The lowest BCUT2D eigenvalue weighted by Crippen LogP contribution is -2.40. The van der Waals surface area contributed by atoms with Crippen LogP contribution in [0.5, 0.6) is 5.75 Å². The van der Waals surface area contributed by atoms with Crippen LogP contribution < -0.4 is 10.5 Å². The molecule has 0 fully saturated rings. The first-order chi connectivity index (χ1) is 9.35. The van der Waals surface area contributed by atoms with Crippen LogP contribution in [-0.4, -0.2) is 38.3 Å². The van der Waals surface area contributed by atoms with Crippen molar-refractivity contribution in [3.63, 3.8) is 0 Å². The van der Waals surface area contributed by atoms with Crippen molar-refractivity contribution >= 4 is 37.5 Å². The van der Waals surface area contributed by atoms with Gasteiger partial charge in [0.2, 0.25) is 0 Å². The van der Waals surface area contributed by atoms with E-state index >= 15 is 0 Å². The fourth-order valence-electron chi connectivity index (χ4n) is 1.97. The maximum atomic E-state index is 5.82. The standard InChI is InChI=1S/C15H23Br2N2O/c1-4-7-19(2,3)8-5-6-9-20-15-13(16)10-12(18)11-14(15)17/h4,10-11H,1,5-9,18H2,2-3H3/q+1. The number of rotatable bonds is 8. The summed E-state index contributed by atoms with van der Waals surface area (Å²) in [6, 6.07) is 3.70. The third-order valence-electron chi connectivity index (χ3n) is 3.05. The Morgan fingerprint density at radius 3 is 2.40 bits per heavy atom. The SMILES string of the molecule is C=CC[N+](C)(C)CCCCOc1c(Br)cc(N)cc1Br. The number of hydrogen-bond donors (Lipinski definition) is 1. The van der Waals surface area contributed by atoms with Crippen molar-refractivity contribution in [3.05, 3.63) is 33.7 Å². The molecule has 0 amide bonds.